The molecule has 0 aliphatic heterocycles. The highest BCUT2D eigenvalue weighted by atomic mass is 16.6. The van der Waals surface area contributed by atoms with E-state index in [1.54, 1.807) is 0 Å². The molecule has 0 aromatic heterocycles. The first kappa shape index (κ1) is 65.1. The van der Waals surface area contributed by atoms with Gasteiger partial charge in [-0.25, -0.2) is 0 Å². The number of rotatable bonds is 54. The maximum Gasteiger partial charge on any atom is 0.306 e. The maximum atomic E-state index is 12.8. The number of hydrogen-bond acceptors (Lipinski definition) is 8. The molecule has 0 radical (unpaired) electrons. The lowest BCUT2D eigenvalue weighted by Crippen LogP contribution is -2.30. The lowest BCUT2D eigenvalue weighted by molar-refractivity contribution is -0.167. The molecule has 0 N–H and O–H groups in total. The Morgan fingerprint density at radius 2 is 0.557 bits per heavy atom. The Morgan fingerprint density at radius 3 is 0.843 bits per heavy atom. The molecule has 0 saturated heterocycles. The van der Waals surface area contributed by atoms with Crippen LogP contribution in [0.1, 0.15) is 315 Å². The molecule has 1 unspecified atom stereocenters. The van der Waals surface area contributed by atoms with Crippen LogP contribution in [0.5, 0.6) is 0 Å². The minimum absolute atomic E-state index is 0.0762. The average Bonchev–Trinajstić information content (AvgIpc) is 3.36. The molecule has 406 valence electrons. The van der Waals surface area contributed by atoms with Gasteiger partial charge in [-0.2, -0.15) is 0 Å². The number of carbonyl (C=O) groups is 4. The van der Waals surface area contributed by atoms with Gasteiger partial charge < -0.3 is 18.9 Å². The van der Waals surface area contributed by atoms with Crippen molar-refractivity contribution in [2.75, 3.05) is 13.2 Å². The van der Waals surface area contributed by atoms with Gasteiger partial charge in [0, 0.05) is 25.7 Å². The third-order valence-corrected chi connectivity index (χ3v) is 13.9. The van der Waals surface area contributed by atoms with Crippen molar-refractivity contribution in [3.8, 4) is 0 Å². The normalized spacial score (nSPS) is 11.7. The van der Waals surface area contributed by atoms with Gasteiger partial charge in [0.25, 0.3) is 0 Å². The summed E-state index contributed by atoms with van der Waals surface area (Å²) in [5, 5.41) is 0. The Labute approximate surface area is 431 Å². The van der Waals surface area contributed by atoms with E-state index in [0.29, 0.717) is 32.3 Å². The molecule has 0 spiro atoms. The van der Waals surface area contributed by atoms with Crippen molar-refractivity contribution in [1.29, 1.82) is 0 Å². The summed E-state index contributed by atoms with van der Waals surface area (Å²) in [6.45, 7) is 4.74. The lowest BCUT2D eigenvalue weighted by atomic mass is 10.0. The van der Waals surface area contributed by atoms with Crippen LogP contribution < -0.4 is 0 Å². The molecule has 0 bridgehead atoms. The molecule has 1 aromatic rings. The van der Waals surface area contributed by atoms with Crippen molar-refractivity contribution >= 4 is 23.9 Å². The fourth-order valence-corrected chi connectivity index (χ4v) is 9.28. The molecule has 70 heavy (non-hydrogen) atoms. The Balaban J connectivity index is 2.16. The fraction of sp³-hybridized carbons (Fsp3) is 0.839. The number of esters is 4. The summed E-state index contributed by atoms with van der Waals surface area (Å²) in [6.07, 6.45) is 52.1. The second kappa shape index (κ2) is 52.4. The molecule has 1 aromatic carbocycles. The monoisotopic (exact) mass is 983 g/mol. The second-order valence-corrected chi connectivity index (χ2v) is 20.8. The van der Waals surface area contributed by atoms with Gasteiger partial charge in [0.05, 0.1) is 0 Å². The minimum atomic E-state index is -0.778. The van der Waals surface area contributed by atoms with E-state index < -0.39 is 6.10 Å². The average molecular weight is 984 g/mol. The van der Waals surface area contributed by atoms with Gasteiger partial charge in [-0.3, -0.25) is 19.2 Å². The SMILES string of the molecule is CCCCCCCCCCCCCCCC(=O)OCC(COC(=O)CCCCCCCCCCCCCCCCCCC(=O)OCc1ccccc1)OC(=O)CCCCCCCCCCCCCCC. The summed E-state index contributed by atoms with van der Waals surface area (Å²) >= 11 is 0. The molecule has 0 aliphatic carbocycles. The van der Waals surface area contributed by atoms with E-state index in [4.69, 9.17) is 18.9 Å². The molecule has 0 aliphatic rings. The van der Waals surface area contributed by atoms with Crippen molar-refractivity contribution in [2.45, 2.75) is 322 Å². The third kappa shape index (κ3) is 47.4. The number of ether oxygens (including phenoxy) is 4. The van der Waals surface area contributed by atoms with Gasteiger partial charge in [-0.1, -0.05) is 288 Å². The summed E-state index contributed by atoms with van der Waals surface area (Å²) in [4.78, 5) is 50.1. The topological polar surface area (TPSA) is 105 Å². The van der Waals surface area contributed by atoms with Crippen LogP contribution in [0.3, 0.4) is 0 Å². The lowest BCUT2D eigenvalue weighted by Gasteiger charge is -2.18. The highest BCUT2D eigenvalue weighted by Gasteiger charge is 2.19. The largest absolute Gasteiger partial charge is 0.462 e. The number of hydrogen-bond donors (Lipinski definition) is 0. The van der Waals surface area contributed by atoms with Gasteiger partial charge in [0.15, 0.2) is 6.10 Å². The Bertz CT molecular complexity index is 1300. The van der Waals surface area contributed by atoms with Crippen LogP contribution in [-0.4, -0.2) is 43.2 Å². The van der Waals surface area contributed by atoms with Crippen LogP contribution in [0.2, 0.25) is 0 Å². The summed E-state index contributed by atoms with van der Waals surface area (Å²) < 4.78 is 22.2. The van der Waals surface area contributed by atoms with Gasteiger partial charge >= 0.3 is 23.9 Å². The van der Waals surface area contributed by atoms with E-state index in [-0.39, 0.29) is 37.1 Å². The highest BCUT2D eigenvalue weighted by Crippen LogP contribution is 2.18. The van der Waals surface area contributed by atoms with Crippen molar-refractivity contribution in [1.82, 2.24) is 0 Å². The summed E-state index contributed by atoms with van der Waals surface area (Å²) in [5.74, 6) is -0.968. The number of unbranched alkanes of at least 4 members (excludes halogenated alkanes) is 39. The van der Waals surface area contributed by atoms with Crippen LogP contribution in [0.15, 0.2) is 30.3 Å². The zero-order valence-corrected chi connectivity index (χ0v) is 45.9. The Kier molecular flexibility index (Phi) is 48.8. The van der Waals surface area contributed by atoms with Crippen LogP contribution in [0, 0.1) is 0 Å². The third-order valence-electron chi connectivity index (χ3n) is 13.9. The van der Waals surface area contributed by atoms with E-state index >= 15 is 0 Å². The minimum Gasteiger partial charge on any atom is -0.462 e. The number of benzene rings is 1. The van der Waals surface area contributed by atoms with Crippen LogP contribution in [0.4, 0.5) is 0 Å². The van der Waals surface area contributed by atoms with E-state index in [0.717, 1.165) is 76.2 Å². The first-order valence-electron chi connectivity index (χ1n) is 30.1. The van der Waals surface area contributed by atoms with E-state index in [2.05, 4.69) is 13.8 Å². The van der Waals surface area contributed by atoms with Crippen LogP contribution in [-0.2, 0) is 44.7 Å². The molecular formula is C62H110O8. The molecule has 8 nitrogen and oxygen atoms in total. The summed E-state index contributed by atoms with van der Waals surface area (Å²) in [7, 11) is 0. The molecule has 8 heteroatoms. The van der Waals surface area contributed by atoms with E-state index in [1.807, 2.05) is 30.3 Å². The van der Waals surface area contributed by atoms with Crippen molar-refractivity contribution in [3.63, 3.8) is 0 Å². The predicted molar refractivity (Wildman–Crippen MR) is 292 cm³/mol. The quantitative estimate of drug-likeness (QED) is 0.0361. The number of carbonyl (C=O) groups excluding carboxylic acids is 4. The molecule has 0 heterocycles. The highest BCUT2D eigenvalue weighted by molar-refractivity contribution is 5.71. The van der Waals surface area contributed by atoms with Gasteiger partial charge in [0.1, 0.15) is 19.8 Å². The zero-order valence-electron chi connectivity index (χ0n) is 45.9. The van der Waals surface area contributed by atoms with E-state index in [9.17, 15) is 19.2 Å². The maximum absolute atomic E-state index is 12.8. The first-order valence-corrected chi connectivity index (χ1v) is 30.1. The Morgan fingerprint density at radius 1 is 0.314 bits per heavy atom. The van der Waals surface area contributed by atoms with Crippen molar-refractivity contribution < 1.29 is 38.1 Å². The Hall–Kier alpha value is -2.90. The van der Waals surface area contributed by atoms with E-state index in [1.165, 1.54) is 199 Å². The molecule has 1 atom stereocenters. The second-order valence-electron chi connectivity index (χ2n) is 20.8. The van der Waals surface area contributed by atoms with Gasteiger partial charge in [0.2, 0.25) is 0 Å². The molecule has 1 rings (SSSR count). The van der Waals surface area contributed by atoms with Gasteiger partial charge in [-0.15, -0.1) is 0 Å². The zero-order chi connectivity index (χ0) is 50.5. The molecule has 0 fully saturated rings. The molecule has 0 amide bonds. The fourth-order valence-electron chi connectivity index (χ4n) is 9.28. The van der Waals surface area contributed by atoms with Crippen LogP contribution in [0.25, 0.3) is 0 Å². The molecular weight excluding hydrogens is 873 g/mol. The van der Waals surface area contributed by atoms with Crippen molar-refractivity contribution in [3.05, 3.63) is 35.9 Å². The smallest absolute Gasteiger partial charge is 0.306 e. The molecule has 0 saturated carbocycles. The standard InChI is InChI=1S/C62H110O8/c1-3-5-7-9-11-13-15-21-25-30-34-38-45-51-60(64)68-55-58(70-62(66)53-47-40-36-32-28-22-16-14-12-10-8-6-4-2)56-69-61(65)52-46-39-35-31-27-24-20-18-17-19-23-26-29-33-37-44-50-59(63)67-54-57-48-42-41-43-49-57/h41-43,48-49,58H,3-40,44-47,50-56H2,1-2H3. The summed E-state index contributed by atoms with van der Waals surface area (Å²) in [5.41, 5.74) is 1.03. The van der Waals surface area contributed by atoms with Crippen molar-refractivity contribution in [2.24, 2.45) is 0 Å². The summed E-state index contributed by atoms with van der Waals surface area (Å²) in [6, 6.07) is 9.85. The first-order chi connectivity index (χ1) is 34.4. The predicted octanol–water partition coefficient (Wildman–Crippen LogP) is 18.7. The van der Waals surface area contributed by atoms with Crippen LogP contribution >= 0.6 is 0 Å². The van der Waals surface area contributed by atoms with Gasteiger partial charge in [-0.05, 0) is 31.2 Å².